The Kier molecular flexibility index (Phi) is 3.80. The van der Waals surface area contributed by atoms with Crippen LogP contribution >= 0.6 is 0 Å². The van der Waals surface area contributed by atoms with Crippen molar-refractivity contribution in [3.8, 4) is 17.0 Å². The highest BCUT2D eigenvalue weighted by Crippen LogP contribution is 2.30. The van der Waals surface area contributed by atoms with E-state index in [1.54, 1.807) is 0 Å². The van der Waals surface area contributed by atoms with Gasteiger partial charge in [0.05, 0.1) is 5.69 Å². The number of alkyl halides is 6. The number of benzene rings is 1. The molecule has 0 unspecified atom stereocenters. The first-order chi connectivity index (χ1) is 9.65. The van der Waals surface area contributed by atoms with Gasteiger partial charge in [0.25, 0.3) is 0 Å². The van der Waals surface area contributed by atoms with Gasteiger partial charge in [-0.3, -0.25) is 0 Å². The van der Waals surface area contributed by atoms with Gasteiger partial charge in [-0.15, -0.1) is 13.2 Å². The third-order valence-electron chi connectivity index (χ3n) is 2.42. The van der Waals surface area contributed by atoms with Crippen LogP contribution in [0.3, 0.4) is 0 Å². The summed E-state index contributed by atoms with van der Waals surface area (Å²) in [5.41, 5.74) is -0.824. The summed E-state index contributed by atoms with van der Waals surface area (Å²) in [5.74, 6) is -0.460. The fraction of sp³-hybridized carbons (Fsp3) is 0.154. The van der Waals surface area contributed by atoms with Crippen LogP contribution in [0.25, 0.3) is 11.3 Å². The van der Waals surface area contributed by atoms with Crippen molar-refractivity contribution in [1.29, 1.82) is 0 Å². The molecule has 0 atom stereocenters. The van der Waals surface area contributed by atoms with Gasteiger partial charge in [-0.25, -0.2) is 4.98 Å². The highest BCUT2D eigenvalue weighted by Gasteiger charge is 2.33. The Morgan fingerprint density at radius 2 is 1.43 bits per heavy atom. The first-order valence-electron chi connectivity index (χ1n) is 5.55. The van der Waals surface area contributed by atoms with Crippen molar-refractivity contribution >= 4 is 0 Å². The molecule has 2 rings (SSSR count). The molecule has 112 valence electrons. The first-order valence-corrected chi connectivity index (χ1v) is 5.55. The molecular formula is C13H7F6NO. The van der Waals surface area contributed by atoms with Crippen molar-refractivity contribution in [3.63, 3.8) is 0 Å². The van der Waals surface area contributed by atoms with Gasteiger partial charge in [-0.2, -0.15) is 13.2 Å². The summed E-state index contributed by atoms with van der Waals surface area (Å²) in [4.78, 5) is 3.43. The molecule has 0 aliphatic rings. The van der Waals surface area contributed by atoms with Crippen LogP contribution in [0.5, 0.6) is 5.75 Å². The maximum absolute atomic E-state index is 12.5. The topological polar surface area (TPSA) is 22.1 Å². The highest BCUT2D eigenvalue weighted by atomic mass is 19.4. The van der Waals surface area contributed by atoms with Crippen LogP contribution in [-0.2, 0) is 6.18 Å². The average Bonchev–Trinajstić information content (AvgIpc) is 2.37. The highest BCUT2D eigenvalue weighted by molar-refractivity contribution is 5.60. The van der Waals surface area contributed by atoms with E-state index in [0.29, 0.717) is 0 Å². The molecule has 0 saturated heterocycles. The summed E-state index contributed by atoms with van der Waals surface area (Å²) in [6.45, 7) is 0. The molecule has 0 bridgehead atoms. The SMILES string of the molecule is FC(F)(F)Oc1ccc(-c2cccc(C(F)(F)F)n2)cc1. The van der Waals surface area contributed by atoms with Crippen LogP contribution in [0.1, 0.15) is 5.69 Å². The second-order valence-electron chi connectivity index (χ2n) is 3.98. The minimum absolute atomic E-state index is 0.00313. The van der Waals surface area contributed by atoms with Gasteiger partial charge in [0, 0.05) is 5.56 Å². The second-order valence-corrected chi connectivity index (χ2v) is 3.98. The monoisotopic (exact) mass is 307 g/mol. The normalized spacial score (nSPS) is 12.3. The minimum Gasteiger partial charge on any atom is -0.406 e. The molecule has 2 nitrogen and oxygen atoms in total. The molecule has 0 N–H and O–H groups in total. The molecule has 2 aromatic rings. The van der Waals surface area contributed by atoms with Gasteiger partial charge >= 0.3 is 12.5 Å². The summed E-state index contributed by atoms with van der Waals surface area (Å²) in [5, 5.41) is 0. The van der Waals surface area contributed by atoms with Gasteiger partial charge in [-0.1, -0.05) is 6.07 Å². The Morgan fingerprint density at radius 1 is 0.810 bits per heavy atom. The van der Waals surface area contributed by atoms with Gasteiger partial charge in [0.2, 0.25) is 0 Å². The van der Waals surface area contributed by atoms with E-state index < -0.39 is 24.0 Å². The molecule has 21 heavy (non-hydrogen) atoms. The fourth-order valence-corrected chi connectivity index (χ4v) is 1.58. The Labute approximate surface area is 115 Å². The number of hydrogen-bond donors (Lipinski definition) is 0. The average molecular weight is 307 g/mol. The lowest BCUT2D eigenvalue weighted by Crippen LogP contribution is -2.16. The molecule has 0 spiro atoms. The molecule has 0 aliphatic carbocycles. The molecule has 0 amide bonds. The van der Waals surface area contributed by atoms with Crippen LogP contribution < -0.4 is 4.74 Å². The number of hydrogen-bond acceptors (Lipinski definition) is 2. The summed E-state index contributed by atoms with van der Waals surface area (Å²) in [6, 6.07) is 7.72. The molecule has 0 saturated carbocycles. The standard InChI is InChI=1S/C13H7F6NO/c14-12(15,16)11-3-1-2-10(20-11)8-4-6-9(7-5-8)21-13(17,18)19/h1-7H. The predicted octanol–water partition coefficient (Wildman–Crippen LogP) is 4.67. The lowest BCUT2D eigenvalue weighted by molar-refractivity contribution is -0.274. The minimum atomic E-state index is -4.82. The predicted molar refractivity (Wildman–Crippen MR) is 61.4 cm³/mol. The first kappa shape index (κ1) is 15.1. The summed E-state index contributed by atoms with van der Waals surface area (Å²) < 4.78 is 77.2. The maximum atomic E-state index is 12.5. The molecule has 0 aliphatic heterocycles. The number of aromatic nitrogens is 1. The van der Waals surface area contributed by atoms with Crippen LogP contribution in [-0.4, -0.2) is 11.3 Å². The zero-order valence-electron chi connectivity index (χ0n) is 10.2. The molecule has 0 fully saturated rings. The van der Waals surface area contributed by atoms with Crippen molar-refractivity contribution in [2.24, 2.45) is 0 Å². The van der Waals surface area contributed by atoms with E-state index in [2.05, 4.69) is 9.72 Å². The van der Waals surface area contributed by atoms with E-state index in [0.717, 1.165) is 18.2 Å². The number of ether oxygens (including phenoxy) is 1. The fourth-order valence-electron chi connectivity index (χ4n) is 1.58. The van der Waals surface area contributed by atoms with Crippen molar-refractivity contribution in [3.05, 3.63) is 48.2 Å². The molecule has 1 aromatic carbocycles. The van der Waals surface area contributed by atoms with E-state index in [-0.39, 0.29) is 11.3 Å². The third-order valence-corrected chi connectivity index (χ3v) is 2.42. The largest absolute Gasteiger partial charge is 0.573 e. The van der Waals surface area contributed by atoms with E-state index in [4.69, 9.17) is 0 Å². The number of halogens is 6. The van der Waals surface area contributed by atoms with Gasteiger partial charge in [-0.05, 0) is 36.4 Å². The van der Waals surface area contributed by atoms with Crippen LogP contribution in [0.2, 0.25) is 0 Å². The summed E-state index contributed by atoms with van der Waals surface area (Å²) in [7, 11) is 0. The number of pyridine rings is 1. The van der Waals surface area contributed by atoms with Gasteiger partial charge in [0.15, 0.2) is 0 Å². The molecule has 0 radical (unpaired) electrons. The number of rotatable bonds is 2. The lowest BCUT2D eigenvalue weighted by Gasteiger charge is -2.10. The van der Waals surface area contributed by atoms with Crippen molar-refractivity contribution in [2.45, 2.75) is 12.5 Å². The van der Waals surface area contributed by atoms with Crippen LogP contribution in [0.4, 0.5) is 26.3 Å². The Balaban J connectivity index is 2.27. The number of nitrogens with zero attached hydrogens (tertiary/aromatic N) is 1. The van der Waals surface area contributed by atoms with Crippen molar-refractivity contribution in [2.75, 3.05) is 0 Å². The Hall–Kier alpha value is -2.25. The molecule has 1 heterocycles. The molecular weight excluding hydrogens is 300 g/mol. The zero-order valence-corrected chi connectivity index (χ0v) is 10.2. The van der Waals surface area contributed by atoms with Crippen molar-refractivity contribution < 1.29 is 31.1 Å². The lowest BCUT2D eigenvalue weighted by atomic mass is 10.1. The van der Waals surface area contributed by atoms with E-state index in [1.807, 2.05) is 0 Å². The van der Waals surface area contributed by atoms with Gasteiger partial charge < -0.3 is 4.74 Å². The van der Waals surface area contributed by atoms with E-state index in [9.17, 15) is 26.3 Å². The van der Waals surface area contributed by atoms with Crippen molar-refractivity contribution in [1.82, 2.24) is 4.98 Å². The van der Waals surface area contributed by atoms with Crippen LogP contribution in [0, 0.1) is 0 Å². The third kappa shape index (κ3) is 4.11. The van der Waals surface area contributed by atoms with Crippen LogP contribution in [0.15, 0.2) is 42.5 Å². The summed E-state index contributed by atoms with van der Waals surface area (Å²) >= 11 is 0. The zero-order chi connectivity index (χ0) is 15.7. The Bertz CT molecular complexity index is 618. The van der Waals surface area contributed by atoms with E-state index in [1.165, 1.54) is 24.3 Å². The molecule has 8 heteroatoms. The van der Waals surface area contributed by atoms with E-state index >= 15 is 0 Å². The summed E-state index contributed by atoms with van der Waals surface area (Å²) in [6.07, 6.45) is -9.41. The smallest absolute Gasteiger partial charge is 0.406 e. The van der Waals surface area contributed by atoms with Gasteiger partial charge in [0.1, 0.15) is 11.4 Å². The second kappa shape index (κ2) is 5.27. The Morgan fingerprint density at radius 3 is 1.95 bits per heavy atom. The quantitative estimate of drug-likeness (QED) is 0.752. The maximum Gasteiger partial charge on any atom is 0.573 e. The molecule has 1 aromatic heterocycles.